The Kier molecular flexibility index (Phi) is 6.06. The molecule has 2 fully saturated rings. The number of ether oxygens (including phenoxy) is 5. The molecule has 2 aliphatic rings. The molecule has 0 spiro atoms. The first kappa shape index (κ1) is 19.9. The molecule has 2 aromatic rings. The lowest BCUT2D eigenvalue weighted by Crippen LogP contribution is -2.42. The summed E-state index contributed by atoms with van der Waals surface area (Å²) in [6.45, 7) is 2.12. The number of esters is 1. The SMILES string of the molecule is C[C@@H](OC(=O)CCl)[C@H]1O[C@@H]2OCO[C@@H]2[C@H]1OCc1c(Cl)ccc2ccccc12. The minimum absolute atomic E-state index is 0.132. The van der Waals surface area contributed by atoms with E-state index in [1.54, 1.807) is 6.92 Å². The summed E-state index contributed by atoms with van der Waals surface area (Å²) >= 11 is 12.0. The van der Waals surface area contributed by atoms with Gasteiger partial charge in [0, 0.05) is 10.6 Å². The smallest absolute Gasteiger partial charge is 0.321 e. The minimum atomic E-state index is -0.572. The van der Waals surface area contributed by atoms with Crippen molar-refractivity contribution >= 4 is 39.9 Å². The fraction of sp³-hybridized carbons (Fsp3) is 0.450. The molecule has 0 unspecified atom stereocenters. The van der Waals surface area contributed by atoms with E-state index in [9.17, 15) is 4.79 Å². The third-order valence-electron chi connectivity index (χ3n) is 4.99. The number of carbonyl (C=O) groups is 1. The highest BCUT2D eigenvalue weighted by Crippen LogP contribution is 2.35. The number of carbonyl (C=O) groups excluding carboxylic acids is 1. The molecule has 5 atom stereocenters. The van der Waals surface area contributed by atoms with E-state index in [1.807, 2.05) is 36.4 Å². The molecule has 2 aliphatic heterocycles. The maximum Gasteiger partial charge on any atom is 0.321 e. The van der Waals surface area contributed by atoms with E-state index >= 15 is 0 Å². The van der Waals surface area contributed by atoms with Gasteiger partial charge in [0.2, 0.25) is 0 Å². The van der Waals surface area contributed by atoms with E-state index in [4.69, 9.17) is 46.9 Å². The summed E-state index contributed by atoms with van der Waals surface area (Å²) in [4.78, 5) is 11.6. The first-order valence-electron chi connectivity index (χ1n) is 9.00. The maximum absolute atomic E-state index is 11.6. The van der Waals surface area contributed by atoms with Crippen LogP contribution in [-0.2, 0) is 35.1 Å². The topological polar surface area (TPSA) is 63.2 Å². The summed E-state index contributed by atoms with van der Waals surface area (Å²) in [5.41, 5.74) is 0.881. The van der Waals surface area contributed by atoms with Gasteiger partial charge in [-0.25, -0.2) is 0 Å². The summed E-state index contributed by atoms with van der Waals surface area (Å²) in [6, 6.07) is 11.8. The van der Waals surface area contributed by atoms with Gasteiger partial charge in [0.05, 0.1) is 6.61 Å². The van der Waals surface area contributed by atoms with Crippen molar-refractivity contribution < 1.29 is 28.5 Å². The van der Waals surface area contributed by atoms with Crippen LogP contribution in [0.15, 0.2) is 36.4 Å². The van der Waals surface area contributed by atoms with Crippen LogP contribution in [-0.4, -0.2) is 49.3 Å². The summed E-state index contributed by atoms with van der Waals surface area (Å²) in [6.07, 6.45) is -2.57. The Hall–Kier alpha value is -1.41. The minimum Gasteiger partial charge on any atom is -0.459 e. The second-order valence-corrected chi connectivity index (χ2v) is 7.41. The van der Waals surface area contributed by atoms with Gasteiger partial charge in [-0.1, -0.05) is 41.9 Å². The van der Waals surface area contributed by atoms with Crippen LogP contribution in [0.25, 0.3) is 10.8 Å². The summed E-state index contributed by atoms with van der Waals surface area (Å²) in [5, 5.41) is 2.72. The van der Waals surface area contributed by atoms with Crippen LogP contribution in [0, 0.1) is 0 Å². The molecule has 2 aromatic carbocycles. The van der Waals surface area contributed by atoms with Crippen molar-refractivity contribution in [3.8, 4) is 0 Å². The Morgan fingerprint density at radius 1 is 1.25 bits per heavy atom. The first-order valence-corrected chi connectivity index (χ1v) is 9.91. The Bertz CT molecular complexity index is 860. The van der Waals surface area contributed by atoms with E-state index in [0.717, 1.165) is 16.3 Å². The highest BCUT2D eigenvalue weighted by atomic mass is 35.5. The largest absolute Gasteiger partial charge is 0.459 e. The van der Waals surface area contributed by atoms with Crippen molar-refractivity contribution in [2.75, 3.05) is 12.7 Å². The van der Waals surface area contributed by atoms with Gasteiger partial charge >= 0.3 is 5.97 Å². The lowest BCUT2D eigenvalue weighted by molar-refractivity contribution is -0.179. The van der Waals surface area contributed by atoms with E-state index in [-0.39, 0.29) is 19.3 Å². The van der Waals surface area contributed by atoms with Gasteiger partial charge in [0.15, 0.2) is 13.1 Å². The zero-order chi connectivity index (χ0) is 19.7. The molecule has 2 saturated heterocycles. The standard InChI is InChI=1S/C20H20Cl2O6/c1-11(27-16(23)8-21)17-18(19-20(28-17)26-10-25-19)24-9-14-13-5-3-2-4-12(13)6-7-15(14)22/h2-7,11,17-20H,8-10H2,1H3/t11-,17-,18+,19-,20+/m1/s1. The number of rotatable bonds is 6. The third-order valence-corrected chi connectivity index (χ3v) is 5.56. The predicted octanol–water partition coefficient (Wildman–Crippen LogP) is 3.65. The monoisotopic (exact) mass is 426 g/mol. The van der Waals surface area contributed by atoms with Crippen molar-refractivity contribution in [3.63, 3.8) is 0 Å². The number of hydrogen-bond acceptors (Lipinski definition) is 6. The Morgan fingerprint density at radius 3 is 2.89 bits per heavy atom. The molecule has 8 heteroatoms. The summed E-state index contributed by atoms with van der Waals surface area (Å²) < 4.78 is 28.5. The molecule has 2 heterocycles. The summed E-state index contributed by atoms with van der Waals surface area (Å²) in [5.74, 6) is -0.749. The highest BCUT2D eigenvalue weighted by Gasteiger charge is 2.52. The van der Waals surface area contributed by atoms with Crippen LogP contribution >= 0.6 is 23.2 Å². The number of alkyl halides is 1. The molecule has 0 aromatic heterocycles. The fourth-order valence-corrected chi connectivity index (χ4v) is 3.94. The quantitative estimate of drug-likeness (QED) is 0.518. The molecule has 0 saturated carbocycles. The molecular formula is C20H20Cl2O6. The van der Waals surface area contributed by atoms with Gasteiger partial charge in [-0.15, -0.1) is 11.6 Å². The first-order chi connectivity index (χ1) is 13.6. The maximum atomic E-state index is 11.6. The van der Waals surface area contributed by atoms with Crippen molar-refractivity contribution in [1.29, 1.82) is 0 Å². The van der Waals surface area contributed by atoms with Crippen LogP contribution in [0.3, 0.4) is 0 Å². The lowest BCUT2D eigenvalue weighted by atomic mass is 10.0. The zero-order valence-corrected chi connectivity index (χ0v) is 16.7. The Balaban J connectivity index is 1.55. The van der Waals surface area contributed by atoms with Gasteiger partial charge in [-0.05, 0) is 23.8 Å². The summed E-state index contributed by atoms with van der Waals surface area (Å²) in [7, 11) is 0. The molecule has 0 radical (unpaired) electrons. The Labute approximate surface area is 172 Å². The molecule has 28 heavy (non-hydrogen) atoms. The van der Waals surface area contributed by atoms with Crippen LogP contribution in [0.4, 0.5) is 0 Å². The average Bonchev–Trinajstić information content (AvgIpc) is 3.29. The molecule has 0 amide bonds. The average molecular weight is 427 g/mol. The second-order valence-electron chi connectivity index (χ2n) is 6.74. The van der Waals surface area contributed by atoms with Crippen LogP contribution in [0.5, 0.6) is 0 Å². The van der Waals surface area contributed by atoms with Crippen LogP contribution in [0.1, 0.15) is 12.5 Å². The van der Waals surface area contributed by atoms with Gasteiger partial charge < -0.3 is 23.7 Å². The van der Waals surface area contributed by atoms with Crippen molar-refractivity contribution in [2.24, 2.45) is 0 Å². The van der Waals surface area contributed by atoms with Gasteiger partial charge in [0.1, 0.15) is 30.3 Å². The number of halogens is 2. The molecule has 0 bridgehead atoms. The normalized spacial score (nSPS) is 27.7. The Morgan fingerprint density at radius 2 is 2.07 bits per heavy atom. The van der Waals surface area contributed by atoms with Crippen molar-refractivity contribution in [1.82, 2.24) is 0 Å². The van der Waals surface area contributed by atoms with E-state index < -0.39 is 36.7 Å². The zero-order valence-electron chi connectivity index (χ0n) is 15.2. The molecule has 150 valence electrons. The molecular weight excluding hydrogens is 407 g/mol. The van der Waals surface area contributed by atoms with E-state index in [0.29, 0.717) is 5.02 Å². The predicted molar refractivity (Wildman–Crippen MR) is 103 cm³/mol. The number of benzene rings is 2. The molecule has 4 rings (SSSR count). The lowest BCUT2D eigenvalue weighted by Gasteiger charge is -2.26. The molecule has 0 N–H and O–H groups in total. The van der Waals surface area contributed by atoms with Gasteiger partial charge in [-0.3, -0.25) is 4.79 Å². The highest BCUT2D eigenvalue weighted by molar-refractivity contribution is 6.32. The van der Waals surface area contributed by atoms with Crippen LogP contribution < -0.4 is 0 Å². The molecule has 0 aliphatic carbocycles. The van der Waals surface area contributed by atoms with E-state index in [2.05, 4.69) is 0 Å². The number of hydrogen-bond donors (Lipinski definition) is 0. The van der Waals surface area contributed by atoms with Gasteiger partial charge in [0.25, 0.3) is 0 Å². The van der Waals surface area contributed by atoms with E-state index in [1.165, 1.54) is 0 Å². The van der Waals surface area contributed by atoms with Crippen LogP contribution in [0.2, 0.25) is 5.02 Å². The third kappa shape index (κ3) is 3.85. The molecule has 6 nitrogen and oxygen atoms in total. The van der Waals surface area contributed by atoms with Crippen molar-refractivity contribution in [2.45, 2.75) is 44.2 Å². The van der Waals surface area contributed by atoms with Gasteiger partial charge in [-0.2, -0.15) is 0 Å². The fourth-order valence-electron chi connectivity index (χ4n) is 3.65. The second kappa shape index (κ2) is 8.53. The van der Waals surface area contributed by atoms with Crippen molar-refractivity contribution in [3.05, 3.63) is 47.0 Å². The number of fused-ring (bicyclic) bond motifs is 2.